The van der Waals surface area contributed by atoms with Crippen molar-refractivity contribution < 1.29 is 22.3 Å². The number of hydrogen-bond acceptors (Lipinski definition) is 2. The quantitative estimate of drug-likeness (QED) is 0.618. The topological polar surface area (TPSA) is 18.5 Å². The van der Waals surface area contributed by atoms with E-state index >= 15 is 0 Å². The van der Waals surface area contributed by atoms with Gasteiger partial charge in [0.2, 0.25) is 0 Å². The predicted octanol–water partition coefficient (Wildman–Crippen LogP) is 5.95. The van der Waals surface area contributed by atoms with Gasteiger partial charge in [0.15, 0.2) is 14.4 Å². The Morgan fingerprint density at radius 2 is 1.79 bits per heavy atom. The van der Waals surface area contributed by atoms with Crippen LogP contribution in [-0.4, -0.2) is 21.6 Å². The zero-order valence-electron chi connectivity index (χ0n) is 15.3. The van der Waals surface area contributed by atoms with Crippen molar-refractivity contribution >= 4 is 8.32 Å². The lowest BCUT2D eigenvalue weighted by atomic mass is 9.98. The Bertz CT molecular complexity index is 591. The Morgan fingerprint density at radius 3 is 2.29 bits per heavy atom. The van der Waals surface area contributed by atoms with Crippen molar-refractivity contribution in [2.24, 2.45) is 0 Å². The first-order valence-electron chi connectivity index (χ1n) is 8.27. The Balaban J connectivity index is 2.35. The third kappa shape index (κ3) is 3.70. The fourth-order valence-corrected chi connectivity index (χ4v) is 4.29. The molecule has 0 fully saturated rings. The zero-order chi connectivity index (χ0) is 18.3. The summed E-state index contributed by atoms with van der Waals surface area (Å²) in [6.07, 6.45) is -5.08. The number of benzene rings is 1. The van der Waals surface area contributed by atoms with E-state index in [-0.39, 0.29) is 16.7 Å². The molecule has 0 radical (unpaired) electrons. The molecule has 0 amide bonds. The lowest BCUT2D eigenvalue weighted by Crippen LogP contribution is -2.41. The van der Waals surface area contributed by atoms with Crippen LogP contribution in [0.3, 0.4) is 0 Å². The van der Waals surface area contributed by atoms with Crippen molar-refractivity contribution in [2.45, 2.75) is 70.1 Å². The first kappa shape index (κ1) is 19.5. The van der Waals surface area contributed by atoms with Crippen LogP contribution in [0.1, 0.15) is 56.1 Å². The van der Waals surface area contributed by atoms with E-state index in [9.17, 15) is 13.2 Å². The van der Waals surface area contributed by atoms with Gasteiger partial charge in [0.05, 0.1) is 6.10 Å². The van der Waals surface area contributed by atoms with Crippen molar-refractivity contribution in [1.82, 2.24) is 0 Å². The maximum Gasteiger partial charge on any atom is 0.418 e. The van der Waals surface area contributed by atoms with Gasteiger partial charge in [-0.1, -0.05) is 39.0 Å². The largest absolute Gasteiger partial charge is 0.418 e. The molecule has 0 saturated carbocycles. The molecular formula is C18H27F3O2Si. The first-order valence-corrected chi connectivity index (χ1v) is 11.2. The van der Waals surface area contributed by atoms with E-state index in [2.05, 4.69) is 33.9 Å². The smallest absolute Gasteiger partial charge is 0.410 e. The highest BCUT2D eigenvalue weighted by atomic mass is 28.4. The fourth-order valence-electron chi connectivity index (χ4n) is 2.98. The second-order valence-electron chi connectivity index (χ2n) is 7.98. The van der Waals surface area contributed by atoms with E-state index in [1.807, 2.05) is 6.07 Å². The molecule has 0 saturated heterocycles. The van der Waals surface area contributed by atoms with Gasteiger partial charge >= 0.3 is 6.18 Å². The molecule has 1 aromatic carbocycles. The highest BCUT2D eigenvalue weighted by molar-refractivity contribution is 6.74. The molecule has 24 heavy (non-hydrogen) atoms. The number of hydrogen-bond donors (Lipinski definition) is 0. The van der Waals surface area contributed by atoms with Crippen molar-refractivity contribution in [1.29, 1.82) is 0 Å². The van der Waals surface area contributed by atoms with Gasteiger partial charge in [-0.3, -0.25) is 0 Å². The van der Waals surface area contributed by atoms with Crippen LogP contribution in [0.2, 0.25) is 18.1 Å². The molecule has 6 heteroatoms. The summed E-state index contributed by atoms with van der Waals surface area (Å²) in [5.74, 6) is 0. The SMILES string of the molecule is COC(c1cccc2c1CCC2O[Si](C)(C)C(C)(C)C)C(F)(F)F. The summed E-state index contributed by atoms with van der Waals surface area (Å²) in [4.78, 5) is 0. The van der Waals surface area contributed by atoms with Gasteiger partial charge in [-0.15, -0.1) is 0 Å². The van der Waals surface area contributed by atoms with Crippen LogP contribution in [0.25, 0.3) is 0 Å². The summed E-state index contributed by atoms with van der Waals surface area (Å²) < 4.78 is 51.0. The lowest BCUT2D eigenvalue weighted by molar-refractivity contribution is -0.216. The Morgan fingerprint density at radius 1 is 1.17 bits per heavy atom. The average molecular weight is 360 g/mol. The van der Waals surface area contributed by atoms with Crippen LogP contribution >= 0.6 is 0 Å². The summed E-state index contributed by atoms with van der Waals surface area (Å²) in [5, 5.41) is 0.0639. The molecule has 0 bridgehead atoms. The predicted molar refractivity (Wildman–Crippen MR) is 91.6 cm³/mol. The lowest BCUT2D eigenvalue weighted by Gasteiger charge is -2.38. The van der Waals surface area contributed by atoms with Gasteiger partial charge in [-0.05, 0) is 47.7 Å². The Hall–Kier alpha value is -0.853. The summed E-state index contributed by atoms with van der Waals surface area (Å²) >= 11 is 0. The van der Waals surface area contributed by atoms with E-state index in [4.69, 9.17) is 9.16 Å². The molecule has 0 heterocycles. The number of alkyl halides is 3. The second kappa shape index (κ2) is 6.46. The highest BCUT2D eigenvalue weighted by Gasteiger charge is 2.45. The zero-order valence-corrected chi connectivity index (χ0v) is 16.3. The minimum atomic E-state index is -4.41. The summed E-state index contributed by atoms with van der Waals surface area (Å²) in [6.45, 7) is 10.8. The molecule has 1 aliphatic carbocycles. The maximum absolute atomic E-state index is 13.2. The van der Waals surface area contributed by atoms with E-state index in [0.717, 1.165) is 24.7 Å². The third-order valence-corrected chi connectivity index (χ3v) is 9.80. The van der Waals surface area contributed by atoms with Crippen LogP contribution in [0, 0.1) is 0 Å². The molecule has 2 nitrogen and oxygen atoms in total. The van der Waals surface area contributed by atoms with Crippen molar-refractivity contribution in [3.8, 4) is 0 Å². The van der Waals surface area contributed by atoms with Crippen molar-refractivity contribution in [3.63, 3.8) is 0 Å². The Kier molecular flexibility index (Phi) is 5.24. The van der Waals surface area contributed by atoms with Crippen LogP contribution in [0.4, 0.5) is 13.2 Å². The first-order chi connectivity index (χ1) is 10.9. The number of halogens is 3. The average Bonchev–Trinajstić information content (AvgIpc) is 2.80. The van der Waals surface area contributed by atoms with Crippen LogP contribution in [0.15, 0.2) is 18.2 Å². The second-order valence-corrected chi connectivity index (χ2v) is 12.7. The van der Waals surface area contributed by atoms with Gasteiger partial charge in [-0.2, -0.15) is 13.2 Å². The Labute approximate surface area is 143 Å². The molecule has 0 aliphatic heterocycles. The summed E-state index contributed by atoms with van der Waals surface area (Å²) in [7, 11) is -0.874. The minimum Gasteiger partial charge on any atom is -0.410 e. The maximum atomic E-state index is 13.2. The van der Waals surface area contributed by atoms with E-state index in [1.165, 1.54) is 6.07 Å². The molecule has 136 valence electrons. The van der Waals surface area contributed by atoms with Crippen LogP contribution < -0.4 is 0 Å². The molecule has 2 unspecified atom stereocenters. The molecule has 1 aliphatic rings. The highest BCUT2D eigenvalue weighted by Crippen LogP contribution is 2.46. The standard InChI is InChI=1S/C18H27F3O2Si/c1-17(2,3)24(5,6)23-15-11-10-12-13(15)8-7-9-14(12)16(22-4)18(19,20)21/h7-9,15-16H,10-11H2,1-6H3. The van der Waals surface area contributed by atoms with Gasteiger partial charge in [0.1, 0.15) is 0 Å². The van der Waals surface area contributed by atoms with E-state index < -0.39 is 20.6 Å². The van der Waals surface area contributed by atoms with Crippen molar-refractivity contribution in [3.05, 3.63) is 34.9 Å². The molecule has 2 atom stereocenters. The van der Waals surface area contributed by atoms with E-state index in [1.54, 1.807) is 6.07 Å². The van der Waals surface area contributed by atoms with Gasteiger partial charge < -0.3 is 9.16 Å². The third-order valence-electron chi connectivity index (χ3n) is 5.31. The number of fused-ring (bicyclic) bond motifs is 1. The molecule has 0 spiro atoms. The normalized spacial score (nSPS) is 20.1. The molecule has 1 aromatic rings. The molecular weight excluding hydrogens is 333 g/mol. The van der Waals surface area contributed by atoms with Crippen LogP contribution in [0.5, 0.6) is 0 Å². The molecule has 0 N–H and O–H groups in total. The van der Waals surface area contributed by atoms with Crippen molar-refractivity contribution in [2.75, 3.05) is 7.11 Å². The van der Waals surface area contributed by atoms with Gasteiger partial charge in [0, 0.05) is 7.11 Å². The number of rotatable bonds is 4. The van der Waals surface area contributed by atoms with Crippen LogP contribution in [-0.2, 0) is 15.6 Å². The number of ether oxygens (including phenoxy) is 1. The number of methoxy groups -OCH3 is 1. The fraction of sp³-hybridized carbons (Fsp3) is 0.667. The van der Waals surface area contributed by atoms with Gasteiger partial charge in [-0.25, -0.2) is 0 Å². The minimum absolute atomic E-state index is 0.0639. The van der Waals surface area contributed by atoms with E-state index in [0.29, 0.717) is 6.42 Å². The summed E-state index contributed by atoms with van der Waals surface area (Å²) in [6, 6.07) is 5.10. The summed E-state index contributed by atoms with van der Waals surface area (Å²) in [5.41, 5.74) is 1.86. The molecule has 2 rings (SSSR count). The monoisotopic (exact) mass is 360 g/mol. The van der Waals surface area contributed by atoms with Gasteiger partial charge in [0.25, 0.3) is 0 Å². The molecule has 0 aromatic heterocycles.